The van der Waals surface area contributed by atoms with Crippen LogP contribution in [0.1, 0.15) is 51.3 Å². The number of aryl methyl sites for hydroxylation is 1. The fourth-order valence-corrected chi connectivity index (χ4v) is 4.75. The Morgan fingerprint density at radius 1 is 0.944 bits per heavy atom. The maximum absolute atomic E-state index is 12.5. The minimum Gasteiger partial charge on any atom is -0.464 e. The number of esters is 1. The first-order chi connectivity index (χ1) is 17.5. The number of ether oxygens (including phenoxy) is 2. The zero-order chi connectivity index (χ0) is 24.6. The third-order valence-electron chi connectivity index (χ3n) is 6.54. The van der Waals surface area contributed by atoms with Gasteiger partial charge in [0.25, 0.3) is 0 Å². The van der Waals surface area contributed by atoms with Gasteiger partial charge in [-0.05, 0) is 67.1 Å². The fourth-order valence-electron chi connectivity index (χ4n) is 4.63. The second-order valence-corrected chi connectivity index (χ2v) is 9.42. The van der Waals surface area contributed by atoms with Gasteiger partial charge in [0.05, 0.1) is 17.3 Å². The molecule has 0 radical (unpaired) electrons. The van der Waals surface area contributed by atoms with Crippen molar-refractivity contribution in [2.24, 2.45) is 5.10 Å². The summed E-state index contributed by atoms with van der Waals surface area (Å²) >= 11 is 6.09. The number of fused-ring (bicyclic) bond motifs is 3. The Kier molecular flexibility index (Phi) is 5.70. The molecule has 0 spiro atoms. The van der Waals surface area contributed by atoms with Gasteiger partial charge < -0.3 is 9.47 Å². The Hall–Kier alpha value is -4.09. The number of benzene rings is 4. The number of hydrazone groups is 1. The molecule has 0 amide bonds. The van der Waals surface area contributed by atoms with Crippen LogP contribution >= 0.6 is 11.6 Å². The number of nitrogens with zero attached hydrogens (tertiary/aromatic N) is 2. The molecular weight excluding hydrogens is 472 g/mol. The minimum atomic E-state index is -0.406. The van der Waals surface area contributed by atoms with Crippen molar-refractivity contribution in [1.82, 2.24) is 5.01 Å². The van der Waals surface area contributed by atoms with Gasteiger partial charge in [0.15, 0.2) is 0 Å². The highest BCUT2D eigenvalue weighted by atomic mass is 35.5. The summed E-state index contributed by atoms with van der Waals surface area (Å²) < 4.78 is 12.0. The molecule has 4 aromatic carbocycles. The van der Waals surface area contributed by atoms with Crippen LogP contribution in [-0.2, 0) is 0 Å². The molecule has 36 heavy (non-hydrogen) atoms. The number of halogens is 1. The van der Waals surface area contributed by atoms with E-state index in [0.29, 0.717) is 16.3 Å². The molecule has 0 aliphatic carbocycles. The smallest absolute Gasteiger partial charge is 0.343 e. The molecule has 178 valence electrons. The Bertz CT molecular complexity index is 1450. The van der Waals surface area contributed by atoms with Crippen LogP contribution in [0.15, 0.2) is 102 Å². The summed E-state index contributed by atoms with van der Waals surface area (Å²) in [6.45, 7) is 1.98. The zero-order valence-corrected chi connectivity index (χ0v) is 20.4. The topological polar surface area (TPSA) is 51.1 Å². The lowest BCUT2D eigenvalue weighted by molar-refractivity contribution is -0.0190. The molecular formula is C30H23ClN2O3. The summed E-state index contributed by atoms with van der Waals surface area (Å²) in [5, 5.41) is 7.71. The van der Waals surface area contributed by atoms with Crippen LogP contribution in [0.2, 0.25) is 5.02 Å². The van der Waals surface area contributed by atoms with E-state index >= 15 is 0 Å². The van der Waals surface area contributed by atoms with Gasteiger partial charge in [-0.1, -0.05) is 59.6 Å². The van der Waals surface area contributed by atoms with Crippen molar-refractivity contribution in [2.45, 2.75) is 25.6 Å². The van der Waals surface area contributed by atoms with E-state index in [1.54, 1.807) is 24.3 Å². The highest BCUT2D eigenvalue weighted by molar-refractivity contribution is 6.30. The molecule has 2 aliphatic rings. The van der Waals surface area contributed by atoms with Crippen LogP contribution in [0.3, 0.4) is 0 Å². The van der Waals surface area contributed by atoms with Gasteiger partial charge in [-0.15, -0.1) is 0 Å². The minimum absolute atomic E-state index is 0.0599. The van der Waals surface area contributed by atoms with E-state index in [0.717, 1.165) is 40.1 Å². The van der Waals surface area contributed by atoms with E-state index in [2.05, 4.69) is 6.07 Å². The normalized spacial score (nSPS) is 18.1. The monoisotopic (exact) mass is 494 g/mol. The molecule has 0 unspecified atom stereocenters. The Balaban J connectivity index is 1.28. The fraction of sp³-hybridized carbons (Fsp3) is 0.133. The highest BCUT2D eigenvalue weighted by Crippen LogP contribution is 2.47. The molecule has 2 heterocycles. The average molecular weight is 495 g/mol. The Labute approximate surface area is 214 Å². The van der Waals surface area contributed by atoms with Crippen LogP contribution in [0, 0.1) is 6.92 Å². The predicted octanol–water partition coefficient (Wildman–Crippen LogP) is 7.11. The van der Waals surface area contributed by atoms with Gasteiger partial charge in [-0.2, -0.15) is 5.10 Å². The van der Waals surface area contributed by atoms with Gasteiger partial charge in [0.1, 0.15) is 11.5 Å². The second kappa shape index (κ2) is 9.17. The van der Waals surface area contributed by atoms with E-state index in [1.165, 1.54) is 0 Å². The number of rotatable bonds is 4. The third-order valence-corrected chi connectivity index (χ3v) is 6.79. The van der Waals surface area contributed by atoms with Gasteiger partial charge in [0, 0.05) is 22.6 Å². The molecule has 0 fully saturated rings. The van der Waals surface area contributed by atoms with Crippen molar-refractivity contribution in [3.05, 3.63) is 130 Å². The van der Waals surface area contributed by atoms with Gasteiger partial charge in [0.2, 0.25) is 6.23 Å². The molecule has 0 N–H and O–H groups in total. The van der Waals surface area contributed by atoms with Crippen LogP contribution < -0.4 is 9.47 Å². The van der Waals surface area contributed by atoms with Gasteiger partial charge in [-0.3, -0.25) is 0 Å². The summed E-state index contributed by atoms with van der Waals surface area (Å²) in [4.78, 5) is 12.5. The summed E-state index contributed by atoms with van der Waals surface area (Å²) in [6.07, 6.45) is 0.363. The number of para-hydroxylation sites is 1. The summed E-state index contributed by atoms with van der Waals surface area (Å²) in [7, 11) is 0. The molecule has 4 aromatic rings. The number of hydrogen-bond donors (Lipinski definition) is 0. The van der Waals surface area contributed by atoms with Crippen molar-refractivity contribution in [3.8, 4) is 11.5 Å². The van der Waals surface area contributed by atoms with Gasteiger partial charge >= 0.3 is 5.97 Å². The number of hydrogen-bond acceptors (Lipinski definition) is 5. The lowest BCUT2D eigenvalue weighted by Gasteiger charge is -2.38. The van der Waals surface area contributed by atoms with Crippen molar-refractivity contribution in [1.29, 1.82) is 0 Å². The lowest BCUT2D eigenvalue weighted by Crippen LogP contribution is -2.33. The van der Waals surface area contributed by atoms with E-state index in [4.69, 9.17) is 26.2 Å². The summed E-state index contributed by atoms with van der Waals surface area (Å²) in [6, 6.07) is 30.7. The first kappa shape index (κ1) is 22.4. The molecule has 5 nitrogen and oxygen atoms in total. The highest BCUT2D eigenvalue weighted by Gasteiger charge is 2.40. The summed E-state index contributed by atoms with van der Waals surface area (Å²) in [5.74, 6) is 0.942. The third kappa shape index (κ3) is 4.23. The van der Waals surface area contributed by atoms with Crippen molar-refractivity contribution in [2.75, 3.05) is 0 Å². The standard InChI is InChI=1S/C30H23ClN2O3/c1-19-6-8-22(9-7-19)30(34)35-24-16-12-21(13-17-24)29-33-27(25-4-2-3-5-28(25)36-29)18-26(32-33)20-10-14-23(31)15-11-20/h2-17,27,29H,18H2,1H3/t27-,29-/m1/s1. The van der Waals surface area contributed by atoms with E-state index in [-0.39, 0.29) is 12.0 Å². The Morgan fingerprint density at radius 2 is 1.67 bits per heavy atom. The SMILES string of the molecule is Cc1ccc(C(=O)Oc2ccc([C@H]3Oc4ccccc4[C@H]4CC(c5ccc(Cl)cc5)=NN43)cc2)cc1. The molecule has 6 heteroatoms. The van der Waals surface area contributed by atoms with Crippen LogP contribution in [0.25, 0.3) is 0 Å². The maximum atomic E-state index is 12.5. The van der Waals surface area contributed by atoms with E-state index < -0.39 is 6.23 Å². The van der Waals surface area contributed by atoms with Crippen LogP contribution in [0.4, 0.5) is 0 Å². The molecule has 0 saturated carbocycles. The molecule has 6 rings (SSSR count). The van der Waals surface area contributed by atoms with Crippen molar-refractivity contribution >= 4 is 23.3 Å². The average Bonchev–Trinajstić information content (AvgIpc) is 3.35. The first-order valence-electron chi connectivity index (χ1n) is 11.8. The number of carbonyl (C=O) groups excluding carboxylic acids is 1. The van der Waals surface area contributed by atoms with E-state index in [9.17, 15) is 4.79 Å². The Morgan fingerprint density at radius 3 is 2.42 bits per heavy atom. The molecule has 0 aromatic heterocycles. The molecule has 2 aliphatic heterocycles. The van der Waals surface area contributed by atoms with Crippen LogP contribution in [-0.4, -0.2) is 16.7 Å². The van der Waals surface area contributed by atoms with Crippen LogP contribution in [0.5, 0.6) is 11.5 Å². The maximum Gasteiger partial charge on any atom is 0.343 e. The lowest BCUT2D eigenvalue weighted by atomic mass is 9.96. The quantitative estimate of drug-likeness (QED) is 0.224. The van der Waals surface area contributed by atoms with Crippen molar-refractivity contribution in [3.63, 3.8) is 0 Å². The van der Waals surface area contributed by atoms with Gasteiger partial charge in [-0.25, -0.2) is 9.80 Å². The molecule has 2 atom stereocenters. The zero-order valence-electron chi connectivity index (χ0n) is 19.6. The second-order valence-electron chi connectivity index (χ2n) is 8.99. The molecule has 0 bridgehead atoms. The van der Waals surface area contributed by atoms with Crippen molar-refractivity contribution < 1.29 is 14.3 Å². The first-order valence-corrected chi connectivity index (χ1v) is 12.2. The predicted molar refractivity (Wildman–Crippen MR) is 140 cm³/mol. The largest absolute Gasteiger partial charge is 0.464 e. The summed E-state index contributed by atoms with van der Waals surface area (Å²) in [5.41, 5.74) is 5.68. The number of carbonyl (C=O) groups is 1. The van der Waals surface area contributed by atoms with E-state index in [1.807, 2.05) is 78.7 Å². The molecule has 0 saturated heterocycles.